The summed E-state index contributed by atoms with van der Waals surface area (Å²) >= 11 is 0. The maximum atomic E-state index is 14.2. The fraction of sp³-hybridized carbons (Fsp3) is 0.585. The highest BCUT2D eigenvalue weighted by Gasteiger charge is 2.33. The zero-order valence-corrected chi connectivity index (χ0v) is 31.8. The fourth-order valence-corrected chi connectivity index (χ4v) is 6.81. The fourth-order valence-electron chi connectivity index (χ4n) is 6.81. The van der Waals surface area contributed by atoms with E-state index < -0.39 is 23.9 Å². The molecule has 0 bridgehead atoms. The van der Waals surface area contributed by atoms with Crippen LogP contribution in [0.15, 0.2) is 60.7 Å². The SMILES string of the molecule is CC(C)C[C@@H](NC(=O)[C@H](CC(=O)[C@H](N)Cc1ccccc1)Cc1ccccc1)C(=O)C[C@H](CCCCNC(C)C)C(=O)N1CCCN(C(=N)N)CC1. The molecule has 1 aliphatic rings. The van der Waals surface area contributed by atoms with E-state index in [1.54, 1.807) is 4.90 Å². The zero-order chi connectivity index (χ0) is 38.0. The van der Waals surface area contributed by atoms with E-state index in [1.807, 2.05) is 79.4 Å². The summed E-state index contributed by atoms with van der Waals surface area (Å²) in [6.07, 6.45) is 4.00. The normalized spacial score (nSPS) is 15.8. The second-order valence-corrected chi connectivity index (χ2v) is 15.1. The van der Waals surface area contributed by atoms with Gasteiger partial charge >= 0.3 is 0 Å². The molecule has 0 radical (unpaired) electrons. The third-order valence-electron chi connectivity index (χ3n) is 9.74. The Morgan fingerprint density at radius 2 is 1.35 bits per heavy atom. The van der Waals surface area contributed by atoms with Crippen LogP contribution in [-0.2, 0) is 32.0 Å². The monoisotopic (exact) mass is 717 g/mol. The first-order valence-corrected chi connectivity index (χ1v) is 19.1. The van der Waals surface area contributed by atoms with Crippen molar-refractivity contribution in [2.45, 2.75) is 104 Å². The first kappa shape index (κ1) is 42.3. The molecule has 52 heavy (non-hydrogen) atoms. The second-order valence-electron chi connectivity index (χ2n) is 15.1. The standard InChI is InChI=1S/C41H63N7O4/c1-29(2)24-36(38(50)27-33(18-11-12-19-45-30(3)4)40(52)47-20-13-21-48(23-22-47)41(43)44)46-39(51)34(25-31-14-7-5-8-15-31)28-37(49)35(42)26-32-16-9-6-10-17-32/h5-10,14-17,29-30,33-36,45H,11-13,18-28,42H2,1-4H3,(H3,43,44)(H,46,51)/t33-,34-,35+,36+/m0/s1. The molecule has 0 saturated carbocycles. The van der Waals surface area contributed by atoms with Crippen LogP contribution in [0.4, 0.5) is 0 Å². The van der Waals surface area contributed by atoms with Crippen molar-refractivity contribution in [3.05, 3.63) is 71.8 Å². The largest absolute Gasteiger partial charge is 0.370 e. The molecule has 1 aliphatic heterocycles. The molecule has 1 heterocycles. The zero-order valence-electron chi connectivity index (χ0n) is 31.8. The van der Waals surface area contributed by atoms with Gasteiger partial charge in [0.2, 0.25) is 11.8 Å². The second kappa shape index (κ2) is 22.1. The van der Waals surface area contributed by atoms with Crippen LogP contribution in [0.2, 0.25) is 0 Å². The lowest BCUT2D eigenvalue weighted by atomic mass is 9.87. The van der Waals surface area contributed by atoms with Gasteiger partial charge in [0, 0.05) is 56.9 Å². The first-order valence-electron chi connectivity index (χ1n) is 19.1. The lowest BCUT2D eigenvalue weighted by Gasteiger charge is -2.28. The van der Waals surface area contributed by atoms with Crippen molar-refractivity contribution < 1.29 is 19.2 Å². The van der Waals surface area contributed by atoms with Crippen molar-refractivity contribution in [2.24, 2.45) is 29.2 Å². The lowest BCUT2D eigenvalue weighted by molar-refractivity contribution is -0.139. The summed E-state index contributed by atoms with van der Waals surface area (Å²) in [6, 6.07) is 17.9. The molecule has 286 valence electrons. The van der Waals surface area contributed by atoms with E-state index in [1.165, 1.54) is 0 Å². The van der Waals surface area contributed by atoms with Crippen LogP contribution in [0.3, 0.4) is 0 Å². The van der Waals surface area contributed by atoms with Crippen molar-refractivity contribution in [3.8, 4) is 0 Å². The highest BCUT2D eigenvalue weighted by atomic mass is 16.2. The van der Waals surface area contributed by atoms with Crippen molar-refractivity contribution in [1.29, 1.82) is 5.41 Å². The van der Waals surface area contributed by atoms with Gasteiger partial charge in [-0.2, -0.15) is 0 Å². The molecule has 3 rings (SSSR count). The van der Waals surface area contributed by atoms with Gasteiger partial charge in [-0.1, -0.05) is 94.8 Å². The molecule has 11 heteroatoms. The molecular formula is C41H63N7O4. The van der Waals surface area contributed by atoms with E-state index in [0.29, 0.717) is 64.3 Å². The average molecular weight is 718 g/mol. The Morgan fingerprint density at radius 3 is 1.94 bits per heavy atom. The van der Waals surface area contributed by atoms with Crippen molar-refractivity contribution in [3.63, 3.8) is 0 Å². The quantitative estimate of drug-likeness (QED) is 0.0730. The van der Waals surface area contributed by atoms with Gasteiger partial charge in [-0.3, -0.25) is 24.6 Å². The van der Waals surface area contributed by atoms with Gasteiger partial charge in [0.1, 0.15) is 0 Å². The van der Waals surface area contributed by atoms with E-state index >= 15 is 0 Å². The summed E-state index contributed by atoms with van der Waals surface area (Å²) in [5.74, 6) is -1.95. The number of nitrogens with one attached hydrogen (secondary N) is 3. The Hall–Kier alpha value is -4.09. The van der Waals surface area contributed by atoms with Crippen LogP contribution in [-0.4, -0.2) is 90.0 Å². The minimum atomic E-state index is -0.797. The molecule has 11 nitrogen and oxygen atoms in total. The highest BCUT2D eigenvalue weighted by molar-refractivity contribution is 5.94. The summed E-state index contributed by atoms with van der Waals surface area (Å²) in [4.78, 5) is 59.3. The van der Waals surface area contributed by atoms with Gasteiger partial charge in [-0.25, -0.2) is 0 Å². The molecule has 1 fully saturated rings. The maximum absolute atomic E-state index is 14.2. The van der Waals surface area contributed by atoms with Crippen LogP contribution in [0.25, 0.3) is 0 Å². The Balaban J connectivity index is 1.78. The molecule has 4 atom stereocenters. The number of hydrogen-bond acceptors (Lipinski definition) is 7. The van der Waals surface area contributed by atoms with Gasteiger partial charge in [0.25, 0.3) is 0 Å². The smallest absolute Gasteiger partial charge is 0.226 e. The van der Waals surface area contributed by atoms with Gasteiger partial charge in [0.05, 0.1) is 12.1 Å². The predicted octanol–water partition coefficient (Wildman–Crippen LogP) is 4.08. The Morgan fingerprint density at radius 1 is 0.769 bits per heavy atom. The molecule has 0 unspecified atom stereocenters. The molecular weight excluding hydrogens is 654 g/mol. The summed E-state index contributed by atoms with van der Waals surface area (Å²) in [5.41, 5.74) is 14.0. The topological polar surface area (TPSA) is 175 Å². The third-order valence-corrected chi connectivity index (χ3v) is 9.74. The number of carbonyl (C=O) groups excluding carboxylic acids is 4. The summed E-state index contributed by atoms with van der Waals surface area (Å²) < 4.78 is 0. The molecule has 0 aliphatic carbocycles. The number of nitrogens with zero attached hydrogens (tertiary/aromatic N) is 2. The minimum Gasteiger partial charge on any atom is -0.370 e. The van der Waals surface area contributed by atoms with Crippen molar-refractivity contribution in [2.75, 3.05) is 32.7 Å². The summed E-state index contributed by atoms with van der Waals surface area (Å²) in [7, 11) is 0. The molecule has 1 saturated heterocycles. The number of guanidine groups is 1. The number of unbranched alkanes of at least 4 members (excludes halogenated alkanes) is 1. The Kier molecular flexibility index (Phi) is 18.0. The van der Waals surface area contributed by atoms with E-state index in [0.717, 1.165) is 30.5 Å². The molecule has 2 aromatic carbocycles. The molecule has 0 aromatic heterocycles. The Bertz CT molecular complexity index is 1420. The van der Waals surface area contributed by atoms with Crippen LogP contribution in [0.5, 0.6) is 0 Å². The van der Waals surface area contributed by atoms with E-state index in [2.05, 4.69) is 24.5 Å². The van der Waals surface area contributed by atoms with Gasteiger partial charge < -0.3 is 31.9 Å². The number of ketones is 2. The molecule has 0 spiro atoms. The van der Waals surface area contributed by atoms with Crippen LogP contribution >= 0.6 is 0 Å². The van der Waals surface area contributed by atoms with E-state index in [-0.39, 0.29) is 48.1 Å². The van der Waals surface area contributed by atoms with Crippen molar-refractivity contribution in [1.82, 2.24) is 20.4 Å². The van der Waals surface area contributed by atoms with E-state index in [4.69, 9.17) is 16.9 Å². The summed E-state index contributed by atoms with van der Waals surface area (Å²) in [5, 5.41) is 14.3. The first-order chi connectivity index (χ1) is 24.8. The van der Waals surface area contributed by atoms with Crippen LogP contribution < -0.4 is 22.1 Å². The minimum absolute atomic E-state index is 0.00334. The van der Waals surface area contributed by atoms with Gasteiger partial charge in [-0.05, 0) is 62.1 Å². The maximum Gasteiger partial charge on any atom is 0.226 e. The van der Waals surface area contributed by atoms with Gasteiger partial charge in [0.15, 0.2) is 17.5 Å². The molecule has 7 N–H and O–H groups in total. The third kappa shape index (κ3) is 14.9. The summed E-state index contributed by atoms with van der Waals surface area (Å²) in [6.45, 7) is 11.1. The number of hydrogen-bond donors (Lipinski definition) is 5. The average Bonchev–Trinajstić information content (AvgIpc) is 3.37. The van der Waals surface area contributed by atoms with Crippen molar-refractivity contribution >= 4 is 29.3 Å². The number of carbonyl (C=O) groups is 4. The van der Waals surface area contributed by atoms with Crippen LogP contribution in [0.1, 0.15) is 83.8 Å². The predicted molar refractivity (Wildman–Crippen MR) is 208 cm³/mol. The number of amides is 2. The highest BCUT2D eigenvalue weighted by Crippen LogP contribution is 2.22. The van der Waals surface area contributed by atoms with Crippen LogP contribution in [0, 0.1) is 23.2 Å². The lowest BCUT2D eigenvalue weighted by Crippen LogP contribution is -2.47. The molecule has 2 amide bonds. The van der Waals surface area contributed by atoms with Gasteiger partial charge in [-0.15, -0.1) is 0 Å². The number of benzene rings is 2. The molecule has 2 aromatic rings. The van der Waals surface area contributed by atoms with E-state index in [9.17, 15) is 19.2 Å². The number of nitrogens with two attached hydrogens (primary N) is 2. The Labute approximate surface area is 311 Å². The number of rotatable bonds is 21. The number of Topliss-reactive ketones (excluding diaryl/α,β-unsaturated/α-hetero) is 2.